The molecule has 0 saturated carbocycles. The number of rotatable bonds is 11. The minimum absolute atomic E-state index is 0.0304. The second-order valence-corrected chi connectivity index (χ2v) is 8.04. The molecule has 10 heteroatoms. The van der Waals surface area contributed by atoms with Crippen molar-refractivity contribution >= 4 is 28.6 Å². The summed E-state index contributed by atoms with van der Waals surface area (Å²) in [6.07, 6.45) is 4.74. The van der Waals surface area contributed by atoms with Gasteiger partial charge in [-0.2, -0.15) is 4.98 Å². The first kappa shape index (κ1) is 24.8. The van der Waals surface area contributed by atoms with E-state index in [1.54, 1.807) is 39.7 Å². The predicted molar refractivity (Wildman–Crippen MR) is 139 cm³/mol. The second kappa shape index (κ2) is 11.4. The summed E-state index contributed by atoms with van der Waals surface area (Å²) in [6, 6.07) is 13.3. The predicted octanol–water partition coefficient (Wildman–Crippen LogP) is 3.20. The summed E-state index contributed by atoms with van der Waals surface area (Å²) in [5.41, 5.74) is 8.71. The molecule has 36 heavy (non-hydrogen) atoms. The van der Waals surface area contributed by atoms with Crippen LogP contribution in [0.5, 0.6) is 17.2 Å². The number of nitrogens with two attached hydrogens (primary N) is 1. The van der Waals surface area contributed by atoms with Gasteiger partial charge < -0.3 is 35.1 Å². The highest BCUT2D eigenvalue weighted by molar-refractivity contribution is 5.80. The highest BCUT2D eigenvalue weighted by Gasteiger charge is 2.15. The first-order chi connectivity index (χ1) is 17.6. The van der Waals surface area contributed by atoms with E-state index in [2.05, 4.69) is 15.6 Å². The number of ether oxygens (including phenoxy) is 3. The standard InChI is InChI=1S/C26H30N6O4/c1-34-21-14-19(15-22(35-2)24(21)36-3)30-26-29-16-18-8-11-32(25(18)31-26)20-7-4-6-17(12-20)13-23(33)28-10-5-9-27/h4,6-8,11-12,14-16H,5,9-10,13,27H2,1-3H3,(H,28,33)(H,29,30,31). The summed E-state index contributed by atoms with van der Waals surface area (Å²) >= 11 is 0. The number of carbonyl (C=O) groups excluding carboxylic acids is 1. The number of hydrogen-bond acceptors (Lipinski definition) is 8. The lowest BCUT2D eigenvalue weighted by molar-refractivity contribution is -0.120. The zero-order chi connectivity index (χ0) is 25.5. The van der Waals surface area contributed by atoms with Gasteiger partial charge in [0.05, 0.1) is 27.8 Å². The largest absolute Gasteiger partial charge is 0.493 e. The Balaban J connectivity index is 1.60. The Labute approximate surface area is 209 Å². The Hall–Kier alpha value is -4.31. The third-order valence-corrected chi connectivity index (χ3v) is 5.60. The fourth-order valence-electron chi connectivity index (χ4n) is 3.86. The third kappa shape index (κ3) is 5.49. The number of fused-ring (bicyclic) bond motifs is 1. The molecule has 0 atom stereocenters. The fraction of sp³-hybridized carbons (Fsp3) is 0.269. The molecular weight excluding hydrogens is 460 g/mol. The van der Waals surface area contributed by atoms with Crippen LogP contribution in [-0.2, 0) is 11.2 Å². The van der Waals surface area contributed by atoms with Crippen molar-refractivity contribution in [3.8, 4) is 22.9 Å². The molecule has 0 aliphatic carbocycles. The average Bonchev–Trinajstić information content (AvgIpc) is 3.31. The lowest BCUT2D eigenvalue weighted by Gasteiger charge is -2.14. The van der Waals surface area contributed by atoms with Crippen molar-refractivity contribution in [2.75, 3.05) is 39.7 Å². The lowest BCUT2D eigenvalue weighted by Crippen LogP contribution is -2.27. The Morgan fingerprint density at radius 3 is 2.53 bits per heavy atom. The lowest BCUT2D eigenvalue weighted by atomic mass is 10.1. The van der Waals surface area contributed by atoms with Crippen molar-refractivity contribution in [2.45, 2.75) is 12.8 Å². The molecule has 2 heterocycles. The number of carbonyl (C=O) groups is 1. The number of amides is 1. The van der Waals surface area contributed by atoms with E-state index in [9.17, 15) is 4.79 Å². The van der Waals surface area contributed by atoms with Gasteiger partial charge in [-0.05, 0) is 36.7 Å². The maximum absolute atomic E-state index is 12.2. The van der Waals surface area contributed by atoms with Crippen molar-refractivity contribution in [1.82, 2.24) is 19.9 Å². The molecule has 0 unspecified atom stereocenters. The zero-order valence-corrected chi connectivity index (χ0v) is 20.6. The van der Waals surface area contributed by atoms with Crippen LogP contribution in [0.2, 0.25) is 0 Å². The van der Waals surface area contributed by atoms with Gasteiger partial charge in [0.1, 0.15) is 5.65 Å². The van der Waals surface area contributed by atoms with Crippen LogP contribution >= 0.6 is 0 Å². The molecule has 0 fully saturated rings. The molecule has 0 spiro atoms. The minimum atomic E-state index is -0.0304. The van der Waals surface area contributed by atoms with Crippen LogP contribution in [0.15, 0.2) is 54.9 Å². The smallest absolute Gasteiger partial charge is 0.229 e. The van der Waals surface area contributed by atoms with Crippen LogP contribution in [-0.4, -0.2) is 54.9 Å². The van der Waals surface area contributed by atoms with E-state index in [-0.39, 0.29) is 5.91 Å². The second-order valence-electron chi connectivity index (χ2n) is 8.04. The van der Waals surface area contributed by atoms with E-state index in [1.165, 1.54) is 0 Å². The van der Waals surface area contributed by atoms with E-state index in [0.717, 1.165) is 28.7 Å². The van der Waals surface area contributed by atoms with Gasteiger partial charge in [-0.25, -0.2) is 4.98 Å². The van der Waals surface area contributed by atoms with Gasteiger partial charge in [-0.3, -0.25) is 4.79 Å². The van der Waals surface area contributed by atoms with Crippen LogP contribution in [0.1, 0.15) is 12.0 Å². The van der Waals surface area contributed by atoms with E-state index in [4.69, 9.17) is 24.9 Å². The Bertz CT molecular complexity index is 1330. The number of aromatic nitrogens is 3. The quantitative estimate of drug-likeness (QED) is 0.274. The van der Waals surface area contributed by atoms with E-state index < -0.39 is 0 Å². The first-order valence-corrected chi connectivity index (χ1v) is 11.5. The molecule has 1 amide bonds. The van der Waals surface area contributed by atoms with E-state index in [1.807, 2.05) is 41.1 Å². The molecule has 2 aromatic carbocycles. The first-order valence-electron chi connectivity index (χ1n) is 11.5. The molecule has 0 saturated heterocycles. The molecular formula is C26H30N6O4. The monoisotopic (exact) mass is 490 g/mol. The van der Waals surface area contributed by atoms with Gasteiger partial charge in [0.15, 0.2) is 11.5 Å². The Morgan fingerprint density at radius 2 is 1.83 bits per heavy atom. The van der Waals surface area contributed by atoms with Crippen LogP contribution < -0.4 is 30.6 Å². The molecule has 0 aliphatic rings. The summed E-state index contributed by atoms with van der Waals surface area (Å²) in [5, 5.41) is 6.99. The summed E-state index contributed by atoms with van der Waals surface area (Å²) in [5.74, 6) is 1.92. The van der Waals surface area contributed by atoms with Crippen molar-refractivity contribution in [1.29, 1.82) is 0 Å². The molecule has 4 N–H and O–H groups in total. The summed E-state index contributed by atoms with van der Waals surface area (Å²) < 4.78 is 18.2. The zero-order valence-electron chi connectivity index (χ0n) is 20.6. The van der Waals surface area contributed by atoms with Crippen molar-refractivity contribution in [2.24, 2.45) is 5.73 Å². The topological polar surface area (TPSA) is 126 Å². The van der Waals surface area contributed by atoms with Gasteiger partial charge in [0, 0.05) is 47.8 Å². The summed E-state index contributed by atoms with van der Waals surface area (Å²) in [6.45, 7) is 1.13. The van der Waals surface area contributed by atoms with Gasteiger partial charge in [-0.1, -0.05) is 12.1 Å². The number of nitrogens with one attached hydrogen (secondary N) is 2. The van der Waals surface area contributed by atoms with Crippen LogP contribution in [0, 0.1) is 0 Å². The Kier molecular flexibility index (Phi) is 7.86. The molecule has 0 bridgehead atoms. The maximum atomic E-state index is 12.2. The van der Waals surface area contributed by atoms with Crippen LogP contribution in [0.25, 0.3) is 16.7 Å². The molecule has 188 valence electrons. The number of anilines is 2. The molecule has 0 radical (unpaired) electrons. The van der Waals surface area contributed by atoms with Gasteiger partial charge >= 0.3 is 0 Å². The van der Waals surface area contributed by atoms with Crippen molar-refractivity contribution in [3.63, 3.8) is 0 Å². The van der Waals surface area contributed by atoms with Gasteiger partial charge in [-0.15, -0.1) is 0 Å². The highest BCUT2D eigenvalue weighted by atomic mass is 16.5. The Morgan fingerprint density at radius 1 is 1.06 bits per heavy atom. The van der Waals surface area contributed by atoms with Gasteiger partial charge in [0.2, 0.25) is 17.6 Å². The summed E-state index contributed by atoms with van der Waals surface area (Å²) in [7, 11) is 4.69. The van der Waals surface area contributed by atoms with Crippen LogP contribution in [0.3, 0.4) is 0 Å². The fourth-order valence-corrected chi connectivity index (χ4v) is 3.86. The normalized spacial score (nSPS) is 10.8. The molecule has 4 aromatic rings. The molecule has 2 aromatic heterocycles. The molecule has 4 rings (SSSR count). The van der Waals surface area contributed by atoms with E-state index >= 15 is 0 Å². The number of hydrogen-bond donors (Lipinski definition) is 3. The van der Waals surface area contributed by atoms with Crippen LogP contribution in [0.4, 0.5) is 11.6 Å². The SMILES string of the molecule is COc1cc(Nc2ncc3ccn(-c4cccc(CC(=O)NCCCN)c4)c3n2)cc(OC)c1OC. The maximum Gasteiger partial charge on any atom is 0.229 e. The summed E-state index contributed by atoms with van der Waals surface area (Å²) in [4.78, 5) is 21.4. The third-order valence-electron chi connectivity index (χ3n) is 5.60. The minimum Gasteiger partial charge on any atom is -0.493 e. The van der Waals surface area contributed by atoms with Crippen molar-refractivity contribution < 1.29 is 19.0 Å². The average molecular weight is 491 g/mol. The number of benzene rings is 2. The molecule has 0 aliphatic heterocycles. The number of methoxy groups -OCH3 is 3. The highest BCUT2D eigenvalue weighted by Crippen LogP contribution is 2.40. The van der Waals surface area contributed by atoms with E-state index in [0.29, 0.717) is 48.4 Å². The van der Waals surface area contributed by atoms with Crippen molar-refractivity contribution in [3.05, 3.63) is 60.4 Å². The number of nitrogens with zero attached hydrogens (tertiary/aromatic N) is 3. The molecule has 10 nitrogen and oxygen atoms in total. The van der Waals surface area contributed by atoms with Gasteiger partial charge in [0.25, 0.3) is 0 Å².